The monoisotopic (exact) mass is 819 g/mol. The van der Waals surface area contributed by atoms with Gasteiger partial charge in [-0.15, -0.1) is 0 Å². The normalized spacial score (nSPS) is 19.3. The van der Waals surface area contributed by atoms with Gasteiger partial charge in [0.05, 0.1) is 17.5 Å². The zero-order valence-corrected chi connectivity index (χ0v) is 33.1. The molecule has 0 unspecified atom stereocenters. The number of fused-ring (bicyclic) bond motifs is 1. The van der Waals surface area contributed by atoms with Crippen molar-refractivity contribution in [2.75, 3.05) is 57.7 Å². The fourth-order valence-corrected chi connectivity index (χ4v) is 9.02. The Morgan fingerprint density at radius 2 is 1.53 bits per heavy atom. The lowest BCUT2D eigenvalue weighted by Gasteiger charge is -2.41. The second kappa shape index (κ2) is 18.6. The maximum Gasteiger partial charge on any atom is 0.410 e. The van der Waals surface area contributed by atoms with Crippen molar-refractivity contribution in [2.45, 2.75) is 83.3 Å². The van der Waals surface area contributed by atoms with E-state index in [0.29, 0.717) is 87.1 Å². The van der Waals surface area contributed by atoms with E-state index in [0.717, 1.165) is 43.4 Å². The Balaban J connectivity index is 1.03. The molecule has 13 nitrogen and oxygen atoms in total. The van der Waals surface area contributed by atoms with Gasteiger partial charge in [0.1, 0.15) is 13.6 Å². The van der Waals surface area contributed by atoms with E-state index in [-0.39, 0.29) is 60.3 Å². The second-order valence-electron chi connectivity index (χ2n) is 15.0. The standard InChI is InChI=1S/C40H51BBrN5O8/c1-2-54-36(49)8-7-35(48)44-16-9-27(10-17-44)28-11-18-45(19-12-28)38(51)34(25-26-23-31(41)37(50)32(42)24-26)55-40(53)46-20-14-30(15-21-46)47-22-13-29-5-3-4-6-33(29)43-39(47)52/h3-6,23-24,27-28,30,34,50H,2,7-22,25H2,1H3,(H,43,52)/t34-/m1/s1. The molecule has 3 fully saturated rings. The largest absolute Gasteiger partial charge is 0.507 e. The van der Waals surface area contributed by atoms with Gasteiger partial charge in [0, 0.05) is 70.4 Å². The fourth-order valence-electron chi connectivity index (χ4n) is 8.50. The highest BCUT2D eigenvalue weighted by atomic mass is 79.9. The number of nitrogens with zero attached hydrogens (tertiary/aromatic N) is 4. The molecule has 2 aromatic carbocycles. The number of carbonyl (C=O) groups excluding carboxylic acids is 5. The number of ether oxygens (including phenoxy) is 2. The summed E-state index contributed by atoms with van der Waals surface area (Å²) in [5, 5.41) is 13.2. The number of para-hydroxylation sites is 1. The molecular formula is C40H51BBrN5O8. The van der Waals surface area contributed by atoms with Crippen LogP contribution in [-0.2, 0) is 36.7 Å². The predicted octanol–water partition coefficient (Wildman–Crippen LogP) is 4.37. The summed E-state index contributed by atoms with van der Waals surface area (Å²) in [6.07, 6.45) is 3.99. The van der Waals surface area contributed by atoms with Crippen LogP contribution in [0.4, 0.5) is 15.3 Å². The van der Waals surface area contributed by atoms with Crippen molar-refractivity contribution in [1.29, 1.82) is 0 Å². The Bertz CT molecular complexity index is 1700. The number of halogens is 1. The van der Waals surface area contributed by atoms with Crippen LogP contribution in [0, 0.1) is 11.8 Å². The number of carbonyl (C=O) groups is 5. The third-order valence-corrected chi connectivity index (χ3v) is 12.3. The van der Waals surface area contributed by atoms with Gasteiger partial charge < -0.3 is 39.5 Å². The molecule has 0 aromatic heterocycles. The molecule has 1 atom stereocenters. The number of phenols is 1. The quantitative estimate of drug-likeness (QED) is 0.266. The summed E-state index contributed by atoms with van der Waals surface area (Å²) in [6, 6.07) is 10.9. The number of anilines is 1. The number of aromatic hydroxyl groups is 1. The minimum atomic E-state index is -1.10. The second-order valence-corrected chi connectivity index (χ2v) is 15.9. The van der Waals surface area contributed by atoms with Crippen LogP contribution in [-0.4, -0.2) is 127 Å². The van der Waals surface area contributed by atoms with E-state index in [1.165, 1.54) is 0 Å². The van der Waals surface area contributed by atoms with Crippen molar-refractivity contribution in [2.24, 2.45) is 11.8 Å². The first-order valence-corrected chi connectivity index (χ1v) is 20.4. The number of likely N-dealkylation sites (tertiary alicyclic amines) is 3. The maximum absolute atomic E-state index is 14.1. The zero-order valence-electron chi connectivity index (χ0n) is 31.6. The lowest BCUT2D eigenvalue weighted by molar-refractivity contribution is -0.146. The summed E-state index contributed by atoms with van der Waals surface area (Å²) in [5.41, 5.74) is 2.72. The summed E-state index contributed by atoms with van der Waals surface area (Å²) in [5.74, 6) is 0.119. The number of esters is 1. The van der Waals surface area contributed by atoms with E-state index in [1.807, 2.05) is 34.1 Å². The third kappa shape index (κ3) is 10.1. The van der Waals surface area contributed by atoms with Gasteiger partial charge in [-0.2, -0.15) is 0 Å². The zero-order chi connectivity index (χ0) is 39.1. The molecule has 2 radical (unpaired) electrons. The number of amides is 5. The molecule has 4 aliphatic heterocycles. The highest BCUT2D eigenvalue weighted by Crippen LogP contribution is 2.34. The average Bonchev–Trinajstić information content (AvgIpc) is 3.36. The number of urea groups is 1. The molecule has 55 heavy (non-hydrogen) atoms. The van der Waals surface area contributed by atoms with Gasteiger partial charge in [-0.25, -0.2) is 9.59 Å². The Morgan fingerprint density at radius 3 is 2.18 bits per heavy atom. The molecule has 3 saturated heterocycles. The molecule has 0 bridgehead atoms. The van der Waals surface area contributed by atoms with Gasteiger partial charge in [0.15, 0.2) is 6.10 Å². The third-order valence-electron chi connectivity index (χ3n) is 11.7. The molecule has 15 heteroatoms. The molecule has 2 aromatic rings. The van der Waals surface area contributed by atoms with Gasteiger partial charge in [-0.1, -0.05) is 29.7 Å². The van der Waals surface area contributed by atoms with Crippen LogP contribution in [0.2, 0.25) is 0 Å². The SMILES string of the molecule is [B]c1cc(C[C@@H](OC(=O)N2CCC(N3CCc4ccccc4NC3=O)CC2)C(=O)N2CCC(C3CCN(C(=O)CCC(=O)OCC)CC3)CC2)cc(Br)c1O. The van der Waals surface area contributed by atoms with Crippen molar-refractivity contribution in [3.05, 3.63) is 52.0 Å². The highest BCUT2D eigenvalue weighted by Gasteiger charge is 2.37. The number of benzene rings is 2. The van der Waals surface area contributed by atoms with E-state index >= 15 is 0 Å². The van der Waals surface area contributed by atoms with Crippen molar-refractivity contribution in [1.82, 2.24) is 19.6 Å². The topological polar surface area (TPSA) is 149 Å². The summed E-state index contributed by atoms with van der Waals surface area (Å²) in [4.78, 5) is 72.4. The first kappa shape index (κ1) is 40.4. The Kier molecular flexibility index (Phi) is 13.6. The van der Waals surface area contributed by atoms with Gasteiger partial charge >= 0.3 is 18.1 Å². The lowest BCUT2D eigenvalue weighted by Crippen LogP contribution is -2.52. The molecule has 2 N–H and O–H groups in total. The number of phenolic OH excluding ortho intramolecular Hbond substituents is 1. The van der Waals surface area contributed by atoms with Crippen LogP contribution in [0.3, 0.4) is 0 Å². The molecule has 0 saturated carbocycles. The van der Waals surface area contributed by atoms with Crippen molar-refractivity contribution in [3.63, 3.8) is 0 Å². The molecule has 0 spiro atoms. The highest BCUT2D eigenvalue weighted by molar-refractivity contribution is 9.10. The summed E-state index contributed by atoms with van der Waals surface area (Å²) in [7, 11) is 6.04. The van der Waals surface area contributed by atoms with Gasteiger partial charge in [0.25, 0.3) is 5.91 Å². The number of hydrogen-bond donors (Lipinski definition) is 2. The minimum Gasteiger partial charge on any atom is -0.507 e. The van der Waals surface area contributed by atoms with Crippen LogP contribution in [0.25, 0.3) is 0 Å². The van der Waals surface area contributed by atoms with Crippen LogP contribution < -0.4 is 10.8 Å². The number of rotatable bonds is 10. The maximum atomic E-state index is 14.1. The Morgan fingerprint density at radius 1 is 0.891 bits per heavy atom. The first-order valence-electron chi connectivity index (χ1n) is 19.6. The molecule has 4 heterocycles. The molecule has 0 aliphatic carbocycles. The summed E-state index contributed by atoms with van der Waals surface area (Å²) < 4.78 is 11.4. The molecular weight excluding hydrogens is 769 g/mol. The summed E-state index contributed by atoms with van der Waals surface area (Å²) >= 11 is 3.33. The molecule has 5 amide bonds. The van der Waals surface area contributed by atoms with E-state index < -0.39 is 12.2 Å². The molecule has 6 rings (SSSR count). The van der Waals surface area contributed by atoms with Gasteiger partial charge in [-0.3, -0.25) is 14.4 Å². The van der Waals surface area contributed by atoms with Crippen molar-refractivity contribution < 1.29 is 38.6 Å². The van der Waals surface area contributed by atoms with Crippen LogP contribution in [0.15, 0.2) is 40.9 Å². The van der Waals surface area contributed by atoms with Gasteiger partial charge in [0.2, 0.25) is 5.91 Å². The van der Waals surface area contributed by atoms with Crippen LogP contribution in [0.5, 0.6) is 5.75 Å². The number of nitrogens with one attached hydrogen (secondary N) is 1. The number of piperidine rings is 3. The van der Waals surface area contributed by atoms with E-state index in [1.54, 1.807) is 28.9 Å². The van der Waals surface area contributed by atoms with Gasteiger partial charge in [-0.05, 0) is 103 Å². The predicted molar refractivity (Wildman–Crippen MR) is 210 cm³/mol. The van der Waals surface area contributed by atoms with E-state index in [9.17, 15) is 29.1 Å². The first-order chi connectivity index (χ1) is 26.5. The summed E-state index contributed by atoms with van der Waals surface area (Å²) in [6.45, 7) is 5.80. The fraction of sp³-hybridized carbons (Fsp3) is 0.575. The van der Waals surface area contributed by atoms with E-state index in [2.05, 4.69) is 21.2 Å². The van der Waals surface area contributed by atoms with Crippen LogP contribution >= 0.6 is 15.9 Å². The molecule has 294 valence electrons. The van der Waals surface area contributed by atoms with Crippen LogP contribution in [0.1, 0.15) is 69.4 Å². The average molecular weight is 821 g/mol. The smallest absolute Gasteiger partial charge is 0.410 e. The molecule has 4 aliphatic rings. The van der Waals surface area contributed by atoms with E-state index in [4.69, 9.17) is 17.3 Å². The Labute approximate surface area is 332 Å². The lowest BCUT2D eigenvalue weighted by atomic mass is 9.78. The van der Waals surface area contributed by atoms with Crippen molar-refractivity contribution >= 4 is 64.8 Å². The number of hydrogen-bond acceptors (Lipinski definition) is 8. The van der Waals surface area contributed by atoms with Crippen molar-refractivity contribution in [3.8, 4) is 5.75 Å². The minimum absolute atomic E-state index is 0.0181. The Hall–Kier alpha value is -4.27.